The van der Waals surface area contributed by atoms with Gasteiger partial charge in [-0.2, -0.15) is 0 Å². The molecule has 0 saturated carbocycles. The average molecular weight is 165 g/mol. The summed E-state index contributed by atoms with van der Waals surface area (Å²) in [4.78, 5) is 4.49. The van der Waals surface area contributed by atoms with Crippen LogP contribution in [-0.4, -0.2) is 16.1 Å². The molecule has 0 fully saturated rings. The molecule has 1 aliphatic heterocycles. The van der Waals surface area contributed by atoms with Crippen LogP contribution in [0.3, 0.4) is 0 Å². The summed E-state index contributed by atoms with van der Waals surface area (Å²) in [6.45, 7) is 6.43. The van der Waals surface area contributed by atoms with E-state index in [0.29, 0.717) is 6.04 Å². The number of nitrogens with zero attached hydrogens (tertiary/aromatic N) is 2. The standard InChI is InChI=1S/C9H15N3/c1-7-6-12-5-3-4-10-8(2)9(12)11-7/h6,8,10H,3-5H2,1-2H3/t8-/m1/s1. The van der Waals surface area contributed by atoms with Crippen LogP contribution in [0, 0.1) is 6.92 Å². The lowest BCUT2D eigenvalue weighted by Gasteiger charge is -2.08. The summed E-state index contributed by atoms with van der Waals surface area (Å²) in [6.07, 6.45) is 3.34. The smallest absolute Gasteiger partial charge is 0.125 e. The Labute approximate surface area is 72.8 Å². The topological polar surface area (TPSA) is 29.9 Å². The molecule has 1 aliphatic rings. The second-order valence-electron chi connectivity index (χ2n) is 3.46. The molecule has 0 amide bonds. The number of hydrogen-bond acceptors (Lipinski definition) is 2. The summed E-state index contributed by atoms with van der Waals surface area (Å²) >= 11 is 0. The fraction of sp³-hybridized carbons (Fsp3) is 0.667. The molecular weight excluding hydrogens is 150 g/mol. The molecule has 1 aromatic heterocycles. The quantitative estimate of drug-likeness (QED) is 0.627. The van der Waals surface area contributed by atoms with Gasteiger partial charge in [0.2, 0.25) is 0 Å². The molecule has 0 unspecified atom stereocenters. The first-order valence-electron chi connectivity index (χ1n) is 4.54. The number of fused-ring (bicyclic) bond motifs is 1. The van der Waals surface area contributed by atoms with Gasteiger partial charge in [0.1, 0.15) is 5.82 Å². The molecule has 2 heterocycles. The van der Waals surface area contributed by atoms with E-state index in [1.54, 1.807) is 0 Å². The average Bonchev–Trinajstić information content (AvgIpc) is 2.33. The van der Waals surface area contributed by atoms with Crippen molar-refractivity contribution < 1.29 is 0 Å². The molecule has 66 valence electrons. The van der Waals surface area contributed by atoms with Crippen molar-refractivity contribution >= 4 is 0 Å². The van der Waals surface area contributed by atoms with Crippen molar-refractivity contribution in [3.05, 3.63) is 17.7 Å². The van der Waals surface area contributed by atoms with E-state index in [1.807, 2.05) is 6.92 Å². The summed E-state index contributed by atoms with van der Waals surface area (Å²) in [5, 5.41) is 3.43. The number of aromatic nitrogens is 2. The Morgan fingerprint density at radius 3 is 3.33 bits per heavy atom. The maximum absolute atomic E-state index is 4.49. The zero-order valence-corrected chi connectivity index (χ0v) is 7.67. The van der Waals surface area contributed by atoms with Crippen molar-refractivity contribution in [1.82, 2.24) is 14.9 Å². The molecule has 3 heteroatoms. The summed E-state index contributed by atoms with van der Waals surface area (Å²) in [7, 11) is 0. The van der Waals surface area contributed by atoms with Crippen LogP contribution >= 0.6 is 0 Å². The van der Waals surface area contributed by atoms with Crippen molar-refractivity contribution in [1.29, 1.82) is 0 Å². The van der Waals surface area contributed by atoms with Crippen molar-refractivity contribution in [3.63, 3.8) is 0 Å². The molecule has 0 aromatic carbocycles. The summed E-state index contributed by atoms with van der Waals surface area (Å²) in [5.74, 6) is 1.19. The van der Waals surface area contributed by atoms with Crippen LogP contribution in [0.4, 0.5) is 0 Å². The van der Waals surface area contributed by atoms with E-state index in [9.17, 15) is 0 Å². The van der Waals surface area contributed by atoms with E-state index in [1.165, 1.54) is 12.2 Å². The number of rotatable bonds is 0. The van der Waals surface area contributed by atoms with Gasteiger partial charge in [-0.25, -0.2) is 4.98 Å². The number of hydrogen-bond donors (Lipinski definition) is 1. The lowest BCUT2D eigenvalue weighted by atomic mass is 10.3. The Kier molecular flexibility index (Phi) is 1.89. The Balaban J connectivity index is 2.38. The van der Waals surface area contributed by atoms with Gasteiger partial charge in [-0.05, 0) is 26.8 Å². The number of aryl methyl sites for hydroxylation is 2. The van der Waals surface area contributed by atoms with Crippen LogP contribution in [0.2, 0.25) is 0 Å². The Bertz CT molecular complexity index is 277. The van der Waals surface area contributed by atoms with Crippen molar-refractivity contribution in [2.45, 2.75) is 32.9 Å². The first-order chi connectivity index (χ1) is 5.77. The predicted octanol–water partition coefficient (Wildman–Crippen LogP) is 1.25. The van der Waals surface area contributed by atoms with Gasteiger partial charge in [-0.3, -0.25) is 0 Å². The summed E-state index contributed by atoms with van der Waals surface area (Å²) in [6, 6.07) is 0.404. The van der Waals surface area contributed by atoms with E-state index in [-0.39, 0.29) is 0 Å². The highest BCUT2D eigenvalue weighted by molar-refractivity contribution is 5.06. The van der Waals surface area contributed by atoms with Gasteiger partial charge in [0.05, 0.1) is 11.7 Å². The van der Waals surface area contributed by atoms with Gasteiger partial charge < -0.3 is 9.88 Å². The maximum atomic E-state index is 4.49. The van der Waals surface area contributed by atoms with E-state index in [4.69, 9.17) is 0 Å². The normalized spacial score (nSPS) is 23.3. The van der Waals surface area contributed by atoms with Gasteiger partial charge in [-0.1, -0.05) is 0 Å². The Morgan fingerprint density at radius 1 is 1.67 bits per heavy atom. The lowest BCUT2D eigenvalue weighted by Crippen LogP contribution is -2.18. The van der Waals surface area contributed by atoms with E-state index >= 15 is 0 Å². The third kappa shape index (κ3) is 1.25. The molecule has 0 aliphatic carbocycles. The fourth-order valence-corrected chi connectivity index (χ4v) is 1.75. The number of nitrogens with one attached hydrogen (secondary N) is 1. The minimum absolute atomic E-state index is 0.404. The third-order valence-electron chi connectivity index (χ3n) is 2.34. The zero-order valence-electron chi connectivity index (χ0n) is 7.67. The molecule has 3 nitrogen and oxygen atoms in total. The van der Waals surface area contributed by atoms with E-state index < -0.39 is 0 Å². The van der Waals surface area contributed by atoms with Crippen LogP contribution in [0.1, 0.15) is 30.9 Å². The second kappa shape index (κ2) is 2.90. The molecule has 12 heavy (non-hydrogen) atoms. The summed E-state index contributed by atoms with van der Waals surface area (Å²) < 4.78 is 2.26. The van der Waals surface area contributed by atoms with Crippen LogP contribution in [0.15, 0.2) is 6.20 Å². The molecule has 1 N–H and O–H groups in total. The minimum Gasteiger partial charge on any atom is -0.333 e. The highest BCUT2D eigenvalue weighted by Crippen LogP contribution is 2.15. The predicted molar refractivity (Wildman–Crippen MR) is 48.0 cm³/mol. The lowest BCUT2D eigenvalue weighted by molar-refractivity contribution is 0.570. The molecule has 1 aromatic rings. The highest BCUT2D eigenvalue weighted by atomic mass is 15.1. The first kappa shape index (κ1) is 7.80. The van der Waals surface area contributed by atoms with E-state index in [0.717, 1.165) is 18.8 Å². The van der Waals surface area contributed by atoms with Gasteiger partial charge in [0.25, 0.3) is 0 Å². The molecule has 2 rings (SSSR count). The fourth-order valence-electron chi connectivity index (χ4n) is 1.75. The molecule has 0 saturated heterocycles. The third-order valence-corrected chi connectivity index (χ3v) is 2.34. The van der Waals surface area contributed by atoms with Crippen molar-refractivity contribution in [2.75, 3.05) is 6.54 Å². The Morgan fingerprint density at radius 2 is 2.50 bits per heavy atom. The molecule has 0 radical (unpaired) electrons. The molecule has 0 spiro atoms. The van der Waals surface area contributed by atoms with Crippen LogP contribution < -0.4 is 5.32 Å². The van der Waals surface area contributed by atoms with Crippen LogP contribution in [0.25, 0.3) is 0 Å². The Hall–Kier alpha value is -0.830. The van der Waals surface area contributed by atoms with Crippen molar-refractivity contribution in [2.24, 2.45) is 0 Å². The van der Waals surface area contributed by atoms with Crippen LogP contribution in [0.5, 0.6) is 0 Å². The molecular formula is C9H15N3. The number of imidazole rings is 1. The SMILES string of the molecule is Cc1cn2c(n1)[C@@H](C)NCCC2. The van der Waals surface area contributed by atoms with Gasteiger partial charge in [-0.15, -0.1) is 0 Å². The monoisotopic (exact) mass is 165 g/mol. The maximum Gasteiger partial charge on any atom is 0.125 e. The second-order valence-corrected chi connectivity index (χ2v) is 3.46. The minimum atomic E-state index is 0.404. The highest BCUT2D eigenvalue weighted by Gasteiger charge is 2.15. The molecule has 1 atom stereocenters. The van der Waals surface area contributed by atoms with Gasteiger partial charge in [0.15, 0.2) is 0 Å². The first-order valence-corrected chi connectivity index (χ1v) is 4.54. The largest absolute Gasteiger partial charge is 0.333 e. The van der Waals surface area contributed by atoms with Crippen LogP contribution in [-0.2, 0) is 6.54 Å². The van der Waals surface area contributed by atoms with E-state index in [2.05, 4.69) is 28.0 Å². The summed E-state index contributed by atoms with van der Waals surface area (Å²) in [5.41, 5.74) is 1.13. The van der Waals surface area contributed by atoms with Gasteiger partial charge in [0, 0.05) is 12.7 Å². The van der Waals surface area contributed by atoms with Crippen molar-refractivity contribution in [3.8, 4) is 0 Å². The zero-order chi connectivity index (χ0) is 8.55. The van der Waals surface area contributed by atoms with Gasteiger partial charge >= 0.3 is 0 Å². The molecule has 0 bridgehead atoms.